The van der Waals surface area contributed by atoms with E-state index in [0.29, 0.717) is 0 Å². The van der Waals surface area contributed by atoms with Crippen LogP contribution in [0.5, 0.6) is 0 Å². The SMILES string of the molecule is FC(F)(F)c1cc[c]n1-c1ccccc1Cl. The third-order valence-corrected chi connectivity index (χ3v) is 2.39. The lowest BCUT2D eigenvalue weighted by Gasteiger charge is -2.12. The van der Waals surface area contributed by atoms with Gasteiger partial charge >= 0.3 is 6.18 Å². The zero-order valence-corrected chi connectivity index (χ0v) is 8.68. The van der Waals surface area contributed by atoms with Crippen molar-refractivity contribution in [2.45, 2.75) is 6.18 Å². The average Bonchev–Trinajstić information content (AvgIpc) is 2.66. The molecular formula is C11H6ClF3N. The largest absolute Gasteiger partial charge is 0.431 e. The molecule has 0 saturated heterocycles. The number of benzene rings is 1. The predicted octanol–water partition coefficient (Wildman–Crippen LogP) is 3.95. The van der Waals surface area contributed by atoms with Gasteiger partial charge in [-0.25, -0.2) is 0 Å². The summed E-state index contributed by atoms with van der Waals surface area (Å²) < 4.78 is 38.8. The molecule has 83 valence electrons. The Bertz CT molecular complexity index is 502. The third-order valence-electron chi connectivity index (χ3n) is 2.07. The van der Waals surface area contributed by atoms with Crippen molar-refractivity contribution in [2.75, 3.05) is 0 Å². The fourth-order valence-electron chi connectivity index (χ4n) is 1.39. The van der Waals surface area contributed by atoms with Crippen LogP contribution in [-0.2, 0) is 6.18 Å². The van der Waals surface area contributed by atoms with Gasteiger partial charge in [0.15, 0.2) is 0 Å². The summed E-state index contributed by atoms with van der Waals surface area (Å²) in [4.78, 5) is 0. The van der Waals surface area contributed by atoms with Gasteiger partial charge in [-0.2, -0.15) is 13.2 Å². The number of hydrogen-bond acceptors (Lipinski definition) is 0. The zero-order chi connectivity index (χ0) is 11.8. The zero-order valence-electron chi connectivity index (χ0n) is 7.92. The first-order valence-corrected chi connectivity index (χ1v) is 4.79. The number of para-hydroxylation sites is 1. The minimum atomic E-state index is -4.42. The number of aromatic nitrogens is 1. The third kappa shape index (κ3) is 1.93. The molecule has 0 atom stereocenters. The second-order valence-electron chi connectivity index (χ2n) is 3.13. The number of alkyl halides is 3. The van der Waals surface area contributed by atoms with Gasteiger partial charge in [0, 0.05) is 0 Å². The maximum Gasteiger partial charge on any atom is 0.431 e. The fraction of sp³-hybridized carbons (Fsp3) is 0.0909. The Morgan fingerprint density at radius 1 is 1.12 bits per heavy atom. The first-order chi connectivity index (χ1) is 7.50. The van der Waals surface area contributed by atoms with Gasteiger partial charge in [-0.1, -0.05) is 23.7 Å². The van der Waals surface area contributed by atoms with Crippen LogP contribution in [0.15, 0.2) is 36.4 Å². The van der Waals surface area contributed by atoms with E-state index in [1.54, 1.807) is 12.1 Å². The Morgan fingerprint density at radius 2 is 1.81 bits per heavy atom. The number of rotatable bonds is 1. The van der Waals surface area contributed by atoms with Crippen LogP contribution in [0, 0.1) is 6.20 Å². The Morgan fingerprint density at radius 3 is 2.44 bits per heavy atom. The molecule has 0 saturated carbocycles. The van der Waals surface area contributed by atoms with E-state index in [4.69, 9.17) is 11.6 Å². The Labute approximate surface area is 95.1 Å². The number of halogens is 4. The summed E-state index contributed by atoms with van der Waals surface area (Å²) in [5.74, 6) is 0. The molecule has 1 aromatic heterocycles. The van der Waals surface area contributed by atoms with Crippen molar-refractivity contribution < 1.29 is 13.2 Å². The predicted molar refractivity (Wildman–Crippen MR) is 54.6 cm³/mol. The molecular weight excluding hydrogens is 239 g/mol. The van der Waals surface area contributed by atoms with Crippen molar-refractivity contribution in [3.8, 4) is 5.69 Å². The van der Waals surface area contributed by atoms with Crippen LogP contribution in [0.2, 0.25) is 5.02 Å². The molecule has 2 aromatic rings. The van der Waals surface area contributed by atoms with Gasteiger partial charge < -0.3 is 4.57 Å². The topological polar surface area (TPSA) is 4.93 Å². The highest BCUT2D eigenvalue weighted by Gasteiger charge is 2.34. The fourth-order valence-corrected chi connectivity index (χ4v) is 1.61. The molecule has 2 rings (SSSR count). The van der Waals surface area contributed by atoms with E-state index in [0.717, 1.165) is 10.6 Å². The van der Waals surface area contributed by atoms with Gasteiger partial charge in [0.25, 0.3) is 0 Å². The van der Waals surface area contributed by atoms with E-state index in [9.17, 15) is 13.2 Å². The normalized spacial score (nSPS) is 11.8. The van der Waals surface area contributed by atoms with Crippen LogP contribution in [0.3, 0.4) is 0 Å². The van der Waals surface area contributed by atoms with Crippen LogP contribution in [0.1, 0.15) is 5.69 Å². The molecule has 0 amide bonds. The van der Waals surface area contributed by atoms with Gasteiger partial charge in [-0.3, -0.25) is 0 Å². The van der Waals surface area contributed by atoms with Gasteiger partial charge in [0.05, 0.1) is 16.9 Å². The highest BCUT2D eigenvalue weighted by Crippen LogP contribution is 2.32. The van der Waals surface area contributed by atoms with Crippen LogP contribution in [0.25, 0.3) is 5.69 Å². The molecule has 0 unspecified atom stereocenters. The summed E-state index contributed by atoms with van der Waals surface area (Å²) >= 11 is 5.83. The lowest BCUT2D eigenvalue weighted by atomic mass is 10.3. The van der Waals surface area contributed by atoms with Crippen molar-refractivity contribution >= 4 is 11.6 Å². The van der Waals surface area contributed by atoms with Crippen molar-refractivity contribution in [3.05, 3.63) is 53.3 Å². The van der Waals surface area contributed by atoms with Crippen molar-refractivity contribution in [3.63, 3.8) is 0 Å². The molecule has 0 aliphatic heterocycles. The molecule has 1 nitrogen and oxygen atoms in total. The molecule has 5 heteroatoms. The molecule has 0 spiro atoms. The van der Waals surface area contributed by atoms with Gasteiger partial charge in [0.1, 0.15) is 5.69 Å². The first-order valence-electron chi connectivity index (χ1n) is 4.41. The second kappa shape index (κ2) is 3.87. The first kappa shape index (κ1) is 11.1. The molecule has 0 bridgehead atoms. The van der Waals surface area contributed by atoms with E-state index in [1.165, 1.54) is 18.2 Å². The lowest BCUT2D eigenvalue weighted by Crippen LogP contribution is -2.12. The summed E-state index contributed by atoms with van der Waals surface area (Å²) in [5, 5.41) is 0.250. The molecule has 1 radical (unpaired) electrons. The van der Waals surface area contributed by atoms with E-state index in [1.807, 2.05) is 0 Å². The van der Waals surface area contributed by atoms with Crippen molar-refractivity contribution in [1.82, 2.24) is 4.57 Å². The molecule has 1 heterocycles. The van der Waals surface area contributed by atoms with Crippen LogP contribution < -0.4 is 0 Å². The smallest absolute Gasteiger partial charge is 0.302 e. The molecule has 16 heavy (non-hydrogen) atoms. The molecule has 1 aromatic carbocycles. The van der Waals surface area contributed by atoms with E-state index in [2.05, 4.69) is 6.20 Å². The number of hydrogen-bond donors (Lipinski definition) is 0. The standard InChI is InChI=1S/C11H6ClF3N/c12-8-4-1-2-5-9(8)16-7-3-6-10(16)11(13,14)15/h1-6H. The van der Waals surface area contributed by atoms with Crippen LogP contribution in [0.4, 0.5) is 13.2 Å². The van der Waals surface area contributed by atoms with E-state index >= 15 is 0 Å². The maximum atomic E-state index is 12.6. The summed E-state index contributed by atoms with van der Waals surface area (Å²) in [6.07, 6.45) is -1.94. The Balaban J connectivity index is 2.58. The minimum absolute atomic E-state index is 0.250. The second-order valence-corrected chi connectivity index (χ2v) is 3.54. The summed E-state index contributed by atoms with van der Waals surface area (Å²) in [6, 6.07) is 8.49. The monoisotopic (exact) mass is 244 g/mol. The highest BCUT2D eigenvalue weighted by molar-refractivity contribution is 6.32. The van der Waals surface area contributed by atoms with Crippen molar-refractivity contribution in [2.24, 2.45) is 0 Å². The lowest BCUT2D eigenvalue weighted by molar-refractivity contribution is -0.142. The van der Waals surface area contributed by atoms with Gasteiger partial charge in [-0.05, 0) is 24.3 Å². The summed E-state index contributed by atoms with van der Waals surface area (Å²) in [5.41, 5.74) is -0.526. The van der Waals surface area contributed by atoms with E-state index in [-0.39, 0.29) is 10.7 Å². The molecule has 0 fully saturated rings. The van der Waals surface area contributed by atoms with Gasteiger partial charge in [-0.15, -0.1) is 0 Å². The van der Waals surface area contributed by atoms with Gasteiger partial charge in [0.2, 0.25) is 0 Å². The quantitative estimate of drug-likeness (QED) is 0.716. The Kier molecular flexibility index (Phi) is 2.68. The molecule has 0 aliphatic carbocycles. The summed E-state index contributed by atoms with van der Waals surface area (Å²) in [7, 11) is 0. The summed E-state index contributed by atoms with van der Waals surface area (Å²) in [6.45, 7) is 0. The van der Waals surface area contributed by atoms with Crippen LogP contribution in [-0.4, -0.2) is 4.57 Å². The number of nitrogens with zero attached hydrogens (tertiary/aromatic N) is 1. The molecule has 0 N–H and O–H groups in total. The maximum absolute atomic E-state index is 12.6. The average molecular weight is 245 g/mol. The highest BCUT2D eigenvalue weighted by atomic mass is 35.5. The minimum Gasteiger partial charge on any atom is -0.302 e. The molecule has 0 aliphatic rings. The van der Waals surface area contributed by atoms with E-state index < -0.39 is 11.9 Å². The van der Waals surface area contributed by atoms with Crippen molar-refractivity contribution in [1.29, 1.82) is 0 Å². The van der Waals surface area contributed by atoms with Crippen LogP contribution >= 0.6 is 11.6 Å². The Hall–Kier alpha value is -1.42.